The second-order valence-corrected chi connectivity index (χ2v) is 5.33. The van der Waals surface area contributed by atoms with Gasteiger partial charge in [-0.2, -0.15) is 0 Å². The molecule has 0 radical (unpaired) electrons. The highest BCUT2D eigenvalue weighted by Gasteiger charge is 2.14. The highest BCUT2D eigenvalue weighted by atomic mass is 16.2. The zero-order valence-corrected chi connectivity index (χ0v) is 13.0. The molecule has 0 bridgehead atoms. The Morgan fingerprint density at radius 2 is 1.36 bits per heavy atom. The summed E-state index contributed by atoms with van der Waals surface area (Å²) in [5.74, 6) is 0.407. The minimum atomic E-state index is -0.0641. The summed E-state index contributed by atoms with van der Waals surface area (Å²) in [7, 11) is 0. The van der Waals surface area contributed by atoms with Gasteiger partial charge in [-0.3, -0.25) is 9.69 Å². The number of carbonyl (C=O) groups excluding carboxylic acids is 1. The number of carbonyl (C=O) groups is 1. The molecule has 0 saturated carbocycles. The summed E-state index contributed by atoms with van der Waals surface area (Å²) in [6.45, 7) is 4.21. The van der Waals surface area contributed by atoms with Gasteiger partial charge in [-0.25, -0.2) is 0 Å². The van der Waals surface area contributed by atoms with Gasteiger partial charge in [0, 0.05) is 17.5 Å². The molecule has 112 valence electrons. The van der Waals surface area contributed by atoms with E-state index in [0.29, 0.717) is 5.92 Å². The van der Waals surface area contributed by atoms with Crippen molar-refractivity contribution < 1.29 is 4.79 Å². The first-order valence-electron chi connectivity index (χ1n) is 7.47. The Labute approximate surface area is 132 Å². The summed E-state index contributed by atoms with van der Waals surface area (Å²) in [4.78, 5) is 14.3. The van der Waals surface area contributed by atoms with E-state index in [1.165, 1.54) is 0 Å². The Morgan fingerprint density at radius 1 is 0.864 bits per heavy atom. The molecule has 0 fully saturated rings. The van der Waals surface area contributed by atoms with Gasteiger partial charge in [-0.1, -0.05) is 68.5 Å². The van der Waals surface area contributed by atoms with Crippen LogP contribution in [0.25, 0.3) is 0 Å². The zero-order valence-electron chi connectivity index (χ0n) is 13.0. The van der Waals surface area contributed by atoms with E-state index in [1.807, 2.05) is 66.7 Å². The smallest absolute Gasteiger partial charge is 0.255 e. The van der Waals surface area contributed by atoms with Gasteiger partial charge in [-0.15, -0.1) is 0 Å². The number of hydrogen-bond acceptors (Lipinski definition) is 1. The van der Waals surface area contributed by atoms with Crippen molar-refractivity contribution in [1.82, 2.24) is 0 Å². The maximum absolute atomic E-state index is 12.6. The maximum Gasteiger partial charge on any atom is 0.255 e. The molecule has 2 heteroatoms. The van der Waals surface area contributed by atoms with Crippen LogP contribution < -0.4 is 4.90 Å². The molecule has 2 aromatic carbocycles. The van der Waals surface area contributed by atoms with Crippen LogP contribution in [-0.4, -0.2) is 5.91 Å². The summed E-state index contributed by atoms with van der Waals surface area (Å²) in [6, 6.07) is 19.3. The molecule has 0 spiro atoms. The van der Waals surface area contributed by atoms with Gasteiger partial charge in [0.05, 0.1) is 0 Å². The summed E-state index contributed by atoms with van der Waals surface area (Å²) in [5.41, 5.74) is 1.72. The van der Waals surface area contributed by atoms with Crippen molar-refractivity contribution in [2.45, 2.75) is 13.8 Å². The maximum atomic E-state index is 12.6. The molecule has 0 atom stereocenters. The van der Waals surface area contributed by atoms with Gasteiger partial charge in [0.2, 0.25) is 0 Å². The largest absolute Gasteiger partial charge is 0.278 e. The highest BCUT2D eigenvalue weighted by molar-refractivity contribution is 6.07. The lowest BCUT2D eigenvalue weighted by Crippen LogP contribution is -2.23. The third-order valence-electron chi connectivity index (χ3n) is 3.10. The van der Waals surface area contributed by atoms with E-state index in [0.717, 1.165) is 11.4 Å². The monoisotopic (exact) mass is 291 g/mol. The van der Waals surface area contributed by atoms with E-state index in [9.17, 15) is 4.79 Å². The van der Waals surface area contributed by atoms with Crippen LogP contribution in [0.5, 0.6) is 0 Å². The summed E-state index contributed by atoms with van der Waals surface area (Å²) < 4.78 is 0. The second kappa shape index (κ2) is 7.99. The van der Waals surface area contributed by atoms with Crippen molar-refractivity contribution in [3.63, 3.8) is 0 Å². The first-order chi connectivity index (χ1) is 10.7. The summed E-state index contributed by atoms with van der Waals surface area (Å²) in [5, 5.41) is 0. The normalized spacial score (nSPS) is 11.4. The highest BCUT2D eigenvalue weighted by Crippen LogP contribution is 2.25. The number of nitrogens with zero attached hydrogens (tertiary/aromatic N) is 1. The molecule has 0 unspecified atom stereocenters. The van der Waals surface area contributed by atoms with Gasteiger partial charge in [0.25, 0.3) is 5.91 Å². The molecule has 2 aromatic rings. The van der Waals surface area contributed by atoms with Gasteiger partial charge >= 0.3 is 0 Å². The van der Waals surface area contributed by atoms with Crippen LogP contribution in [-0.2, 0) is 4.79 Å². The predicted octanol–water partition coefficient (Wildman–Crippen LogP) is 5.12. The predicted molar refractivity (Wildman–Crippen MR) is 93.1 cm³/mol. The molecule has 0 aliphatic carbocycles. The molecular weight excluding hydrogens is 270 g/mol. The molecule has 0 aliphatic heterocycles. The average Bonchev–Trinajstić information content (AvgIpc) is 2.54. The van der Waals surface area contributed by atoms with Crippen molar-refractivity contribution in [1.29, 1.82) is 0 Å². The molecule has 0 heterocycles. The van der Waals surface area contributed by atoms with Gasteiger partial charge in [0.1, 0.15) is 0 Å². The van der Waals surface area contributed by atoms with Crippen LogP contribution in [0.3, 0.4) is 0 Å². The molecule has 2 nitrogen and oxygen atoms in total. The fourth-order valence-electron chi connectivity index (χ4n) is 2.06. The van der Waals surface area contributed by atoms with Gasteiger partial charge < -0.3 is 0 Å². The zero-order chi connectivity index (χ0) is 15.8. The number of rotatable bonds is 5. The van der Waals surface area contributed by atoms with E-state index in [4.69, 9.17) is 0 Å². The molecule has 0 saturated heterocycles. The fourth-order valence-corrected chi connectivity index (χ4v) is 2.06. The lowest BCUT2D eigenvalue weighted by molar-refractivity contribution is -0.113. The lowest BCUT2D eigenvalue weighted by Gasteiger charge is -2.21. The minimum Gasteiger partial charge on any atom is -0.278 e. The lowest BCUT2D eigenvalue weighted by atomic mass is 10.2. The Hall–Kier alpha value is -2.61. The third-order valence-corrected chi connectivity index (χ3v) is 3.10. The van der Waals surface area contributed by atoms with Gasteiger partial charge in [-0.05, 0) is 30.2 Å². The van der Waals surface area contributed by atoms with Crippen molar-refractivity contribution >= 4 is 17.3 Å². The molecule has 0 N–H and O–H groups in total. The van der Waals surface area contributed by atoms with Crippen LogP contribution in [0.15, 0.2) is 85.0 Å². The van der Waals surface area contributed by atoms with E-state index < -0.39 is 0 Å². The van der Waals surface area contributed by atoms with Crippen LogP contribution in [0.1, 0.15) is 13.8 Å². The SMILES string of the molecule is CC(C)/C=C/C=C/C(=O)N(c1ccccc1)c1ccccc1. The molecule has 22 heavy (non-hydrogen) atoms. The number of allylic oxidation sites excluding steroid dienone is 3. The van der Waals surface area contributed by atoms with Crippen LogP contribution in [0.2, 0.25) is 0 Å². The molecule has 2 rings (SSSR count). The second-order valence-electron chi connectivity index (χ2n) is 5.33. The van der Waals surface area contributed by atoms with Crippen LogP contribution in [0, 0.1) is 5.92 Å². The summed E-state index contributed by atoms with van der Waals surface area (Å²) in [6.07, 6.45) is 7.36. The number of benzene rings is 2. The third kappa shape index (κ3) is 4.45. The topological polar surface area (TPSA) is 20.3 Å². The number of amides is 1. The molecular formula is C20H21NO. The first-order valence-corrected chi connectivity index (χ1v) is 7.47. The Kier molecular flexibility index (Phi) is 5.73. The molecule has 0 aromatic heterocycles. The number of hydrogen-bond donors (Lipinski definition) is 0. The standard InChI is InChI=1S/C20H21NO/c1-17(2)11-9-10-16-20(22)21(18-12-5-3-6-13-18)19-14-7-4-8-15-19/h3-17H,1-2H3/b11-9+,16-10+. The van der Waals surface area contributed by atoms with Gasteiger partial charge in [0.15, 0.2) is 0 Å². The van der Waals surface area contributed by atoms with Crippen molar-refractivity contribution in [2.24, 2.45) is 5.92 Å². The average molecular weight is 291 g/mol. The van der Waals surface area contributed by atoms with Crippen LogP contribution >= 0.6 is 0 Å². The van der Waals surface area contributed by atoms with Crippen LogP contribution in [0.4, 0.5) is 11.4 Å². The number of anilines is 2. The Balaban J connectivity index is 2.28. The number of para-hydroxylation sites is 2. The fraction of sp³-hybridized carbons (Fsp3) is 0.150. The van der Waals surface area contributed by atoms with E-state index >= 15 is 0 Å². The minimum absolute atomic E-state index is 0.0641. The molecule has 1 amide bonds. The summed E-state index contributed by atoms with van der Waals surface area (Å²) >= 11 is 0. The van der Waals surface area contributed by atoms with Crippen molar-refractivity contribution in [2.75, 3.05) is 4.90 Å². The van der Waals surface area contributed by atoms with E-state index in [2.05, 4.69) is 19.9 Å². The Bertz CT molecular complexity index is 602. The quantitative estimate of drug-likeness (QED) is 0.553. The van der Waals surface area contributed by atoms with E-state index in [1.54, 1.807) is 17.1 Å². The van der Waals surface area contributed by atoms with Crippen molar-refractivity contribution in [3.8, 4) is 0 Å². The molecule has 0 aliphatic rings. The Morgan fingerprint density at radius 3 is 1.82 bits per heavy atom. The first kappa shape index (κ1) is 15.8. The van der Waals surface area contributed by atoms with Crippen molar-refractivity contribution in [3.05, 3.63) is 85.0 Å². The van der Waals surface area contributed by atoms with E-state index in [-0.39, 0.29) is 5.91 Å².